The molecule has 2 saturated carbocycles. The van der Waals surface area contributed by atoms with Crippen LogP contribution in [0.1, 0.15) is 80.1 Å². The molecule has 0 radical (unpaired) electrons. The van der Waals surface area contributed by atoms with Crippen LogP contribution in [0.3, 0.4) is 0 Å². The number of likely N-dealkylation sites (tertiary alicyclic amines) is 1. The summed E-state index contributed by atoms with van der Waals surface area (Å²) in [5, 5.41) is 13.4. The summed E-state index contributed by atoms with van der Waals surface area (Å²) in [4.78, 5) is 28.1. The van der Waals surface area contributed by atoms with E-state index < -0.39 is 38.5 Å². The molecule has 0 spiro atoms. The molecule has 0 aromatic rings. The molecule has 31 heavy (non-hydrogen) atoms. The molecule has 0 bridgehead atoms. The summed E-state index contributed by atoms with van der Waals surface area (Å²) in [6, 6.07) is -0.649. The molecule has 1 aliphatic heterocycles. The lowest BCUT2D eigenvalue weighted by atomic mass is 9.83. The number of carbonyl (C=O) groups excluding carboxylic acids is 2. The Morgan fingerprint density at radius 3 is 2.32 bits per heavy atom. The van der Waals surface area contributed by atoms with Crippen molar-refractivity contribution in [2.75, 3.05) is 6.54 Å². The number of aliphatic hydroxyl groups is 1. The third-order valence-corrected chi connectivity index (χ3v) is 8.93. The normalized spacial score (nSPS) is 31.4. The molecule has 178 valence electrons. The van der Waals surface area contributed by atoms with Gasteiger partial charge in [0, 0.05) is 13.0 Å². The summed E-state index contributed by atoms with van der Waals surface area (Å²) < 4.78 is 27.1. The van der Waals surface area contributed by atoms with Crippen molar-refractivity contribution < 1.29 is 23.1 Å². The summed E-state index contributed by atoms with van der Waals surface area (Å²) in [7, 11) is -3.60. The first kappa shape index (κ1) is 24.5. The molecule has 3 rings (SSSR count). The summed E-state index contributed by atoms with van der Waals surface area (Å²) in [5.41, 5.74) is -1.62. The fourth-order valence-corrected chi connectivity index (χ4v) is 6.33. The zero-order valence-electron chi connectivity index (χ0n) is 19.7. The Kier molecular flexibility index (Phi) is 6.30. The molecule has 1 saturated heterocycles. The second kappa shape index (κ2) is 7.99. The lowest BCUT2D eigenvalue weighted by molar-refractivity contribution is -0.142. The molecule has 4 unspecified atom stereocenters. The maximum Gasteiger partial charge on any atom is 0.243 e. The van der Waals surface area contributed by atoms with Crippen LogP contribution in [-0.2, 0) is 19.6 Å². The zero-order chi connectivity index (χ0) is 23.4. The summed E-state index contributed by atoms with van der Waals surface area (Å²) >= 11 is 0. The van der Waals surface area contributed by atoms with Crippen LogP contribution in [-0.4, -0.2) is 59.8 Å². The van der Waals surface area contributed by atoms with Crippen LogP contribution in [0.15, 0.2) is 0 Å². The topological polar surface area (TPSA) is 116 Å². The van der Waals surface area contributed by atoms with Gasteiger partial charge in [0.05, 0.1) is 10.8 Å². The Morgan fingerprint density at radius 1 is 1.23 bits per heavy atom. The molecule has 3 N–H and O–H groups in total. The van der Waals surface area contributed by atoms with Gasteiger partial charge < -0.3 is 15.3 Å². The van der Waals surface area contributed by atoms with Crippen molar-refractivity contribution in [3.05, 3.63) is 0 Å². The van der Waals surface area contributed by atoms with E-state index >= 15 is 0 Å². The van der Waals surface area contributed by atoms with Crippen LogP contribution in [0.2, 0.25) is 0 Å². The molecular weight excluding hydrogens is 418 g/mol. The van der Waals surface area contributed by atoms with Gasteiger partial charge in [-0.25, -0.2) is 8.42 Å². The average molecular weight is 458 g/mol. The number of carbonyl (C=O) groups is 2. The number of hydrogen-bond donors (Lipinski definition) is 3. The van der Waals surface area contributed by atoms with Crippen molar-refractivity contribution in [2.45, 2.75) is 103 Å². The van der Waals surface area contributed by atoms with E-state index in [2.05, 4.69) is 10.0 Å². The van der Waals surface area contributed by atoms with Crippen LogP contribution in [0, 0.1) is 16.7 Å². The highest BCUT2D eigenvalue weighted by atomic mass is 32.2. The Balaban J connectivity index is 1.78. The molecule has 0 aromatic heterocycles. The predicted molar refractivity (Wildman–Crippen MR) is 118 cm³/mol. The number of nitrogens with one attached hydrogen (secondary N) is 2. The highest BCUT2D eigenvalue weighted by Crippen LogP contribution is 2.49. The van der Waals surface area contributed by atoms with E-state index in [9.17, 15) is 23.1 Å². The van der Waals surface area contributed by atoms with Gasteiger partial charge in [0.1, 0.15) is 12.3 Å². The highest BCUT2D eigenvalue weighted by molar-refractivity contribution is 7.90. The first-order valence-electron chi connectivity index (χ1n) is 11.4. The number of aliphatic hydroxyl groups excluding tert-OH is 1. The molecule has 8 nitrogen and oxygen atoms in total. The Morgan fingerprint density at radius 2 is 1.84 bits per heavy atom. The van der Waals surface area contributed by atoms with Crippen molar-refractivity contribution in [3.63, 3.8) is 0 Å². The van der Waals surface area contributed by atoms with Gasteiger partial charge >= 0.3 is 0 Å². The average Bonchev–Trinajstić information content (AvgIpc) is 3.50. The Labute approximate surface area is 186 Å². The van der Waals surface area contributed by atoms with Crippen LogP contribution < -0.4 is 10.0 Å². The zero-order valence-corrected chi connectivity index (χ0v) is 20.5. The molecule has 9 heteroatoms. The lowest BCUT2D eigenvalue weighted by Crippen LogP contribution is -2.60. The van der Waals surface area contributed by atoms with Crippen molar-refractivity contribution >= 4 is 21.8 Å². The van der Waals surface area contributed by atoms with Crippen LogP contribution in [0.4, 0.5) is 0 Å². The van der Waals surface area contributed by atoms with E-state index in [1.807, 2.05) is 41.5 Å². The first-order valence-corrected chi connectivity index (χ1v) is 13.0. The van der Waals surface area contributed by atoms with Gasteiger partial charge in [0.2, 0.25) is 21.8 Å². The number of amides is 2. The molecule has 2 amide bonds. The number of nitrogens with zero attached hydrogens (tertiary/aromatic N) is 1. The van der Waals surface area contributed by atoms with Gasteiger partial charge in [0.25, 0.3) is 0 Å². The third kappa shape index (κ3) is 5.09. The van der Waals surface area contributed by atoms with Crippen molar-refractivity contribution in [2.24, 2.45) is 16.7 Å². The summed E-state index contributed by atoms with van der Waals surface area (Å²) in [6.45, 7) is 12.4. The standard InChI is InChI=1S/C22H39N3O5S/c1-7-14-12-22(14,19(28)24-31(29,30)15-8-9-15)23-18(27)17-21(5,6)10-11-25(17)16(26)13-20(2,3)4/h14-15,17,19,24,28H,7-13H2,1-6H3,(H,23,27). The van der Waals surface area contributed by atoms with E-state index in [1.165, 1.54) is 0 Å². The van der Waals surface area contributed by atoms with Crippen molar-refractivity contribution in [1.82, 2.24) is 14.9 Å². The van der Waals surface area contributed by atoms with Gasteiger partial charge in [-0.15, -0.1) is 0 Å². The SMILES string of the molecule is CCC1CC1(NC(=O)C1N(C(=O)CC(C)(C)C)CCC1(C)C)C(O)NS(=O)(=O)C1CC1. The quantitative estimate of drug-likeness (QED) is 0.480. The summed E-state index contributed by atoms with van der Waals surface area (Å²) in [5.74, 6) is -0.382. The van der Waals surface area contributed by atoms with Gasteiger partial charge in [-0.2, -0.15) is 4.72 Å². The van der Waals surface area contributed by atoms with Gasteiger partial charge in [0.15, 0.2) is 0 Å². The second-order valence-corrected chi connectivity index (χ2v) is 13.6. The van der Waals surface area contributed by atoms with Gasteiger partial charge in [-0.1, -0.05) is 48.0 Å². The smallest absolute Gasteiger partial charge is 0.243 e. The first-order chi connectivity index (χ1) is 14.1. The molecule has 0 aromatic carbocycles. The largest absolute Gasteiger partial charge is 0.375 e. The number of sulfonamides is 1. The van der Waals surface area contributed by atoms with Crippen molar-refractivity contribution in [3.8, 4) is 0 Å². The van der Waals surface area contributed by atoms with Gasteiger partial charge in [-0.3, -0.25) is 9.59 Å². The van der Waals surface area contributed by atoms with E-state index in [0.29, 0.717) is 45.1 Å². The Bertz CT molecular complexity index is 831. The number of rotatable bonds is 8. The predicted octanol–water partition coefficient (Wildman–Crippen LogP) is 1.73. The van der Waals surface area contributed by atoms with Crippen LogP contribution in [0.25, 0.3) is 0 Å². The van der Waals surface area contributed by atoms with E-state index in [-0.39, 0.29) is 23.1 Å². The van der Waals surface area contributed by atoms with E-state index in [1.54, 1.807) is 4.90 Å². The Hall–Kier alpha value is -1.19. The minimum atomic E-state index is -3.60. The molecule has 4 atom stereocenters. The van der Waals surface area contributed by atoms with Crippen molar-refractivity contribution in [1.29, 1.82) is 0 Å². The molecule has 2 aliphatic carbocycles. The monoisotopic (exact) mass is 457 g/mol. The highest BCUT2D eigenvalue weighted by Gasteiger charge is 2.62. The molecule has 1 heterocycles. The third-order valence-electron chi connectivity index (χ3n) is 7.03. The number of hydrogen-bond acceptors (Lipinski definition) is 5. The van der Waals surface area contributed by atoms with Crippen LogP contribution >= 0.6 is 0 Å². The maximum absolute atomic E-state index is 13.5. The minimum Gasteiger partial charge on any atom is -0.375 e. The van der Waals surface area contributed by atoms with E-state index in [4.69, 9.17) is 0 Å². The van der Waals surface area contributed by atoms with Crippen LogP contribution in [0.5, 0.6) is 0 Å². The fourth-order valence-electron chi connectivity index (χ4n) is 4.86. The van der Waals surface area contributed by atoms with E-state index in [0.717, 1.165) is 0 Å². The minimum absolute atomic E-state index is 0.0170. The summed E-state index contributed by atoms with van der Waals surface area (Å²) in [6.07, 6.45) is 2.09. The second-order valence-electron chi connectivity index (χ2n) is 11.6. The fraction of sp³-hybridized carbons (Fsp3) is 0.909. The molecular formula is C22H39N3O5S. The molecule has 3 fully saturated rings. The van der Waals surface area contributed by atoms with Gasteiger partial charge in [-0.05, 0) is 42.4 Å². The maximum atomic E-state index is 13.5. The lowest BCUT2D eigenvalue weighted by Gasteiger charge is -2.35. The molecule has 3 aliphatic rings.